The lowest BCUT2D eigenvalue weighted by atomic mass is 10.2. The van der Waals surface area contributed by atoms with Crippen molar-refractivity contribution in [3.63, 3.8) is 0 Å². The van der Waals surface area contributed by atoms with Crippen LogP contribution in [0.4, 0.5) is 4.79 Å². The number of ether oxygens (including phenoxy) is 1. The molecule has 1 saturated heterocycles. The molecule has 1 fully saturated rings. The fourth-order valence-electron chi connectivity index (χ4n) is 2.79. The van der Waals surface area contributed by atoms with Crippen molar-refractivity contribution in [1.82, 2.24) is 20.4 Å². The van der Waals surface area contributed by atoms with Gasteiger partial charge in [0, 0.05) is 49.3 Å². The summed E-state index contributed by atoms with van der Waals surface area (Å²) in [7, 11) is 0. The molecule has 0 aromatic heterocycles. The highest BCUT2D eigenvalue weighted by Crippen LogP contribution is 2.12. The van der Waals surface area contributed by atoms with E-state index >= 15 is 0 Å². The Morgan fingerprint density at radius 2 is 1.79 bits per heavy atom. The molecule has 1 heterocycles. The fraction of sp³-hybridized carbons (Fsp3) is 0.550. The monoisotopic (exact) mass is 468 g/mol. The molecule has 160 valence electrons. The van der Waals surface area contributed by atoms with Gasteiger partial charge in [0.25, 0.3) is 5.91 Å². The maximum atomic E-state index is 12.1. The minimum Gasteiger partial charge on any atom is -0.444 e. The number of hydrogen-bond acceptors (Lipinski definition) is 5. The highest BCUT2D eigenvalue weighted by Gasteiger charge is 2.25. The molecular weight excluding hydrogens is 440 g/mol. The lowest BCUT2D eigenvalue weighted by Gasteiger charge is -2.35. The molecule has 2 N–H and O–H groups in total. The third-order valence-corrected chi connectivity index (χ3v) is 4.76. The molecule has 0 saturated carbocycles. The van der Waals surface area contributed by atoms with Gasteiger partial charge in [0.2, 0.25) is 5.91 Å². The van der Waals surface area contributed by atoms with Gasteiger partial charge < -0.3 is 20.3 Å². The Balaban J connectivity index is 1.61. The van der Waals surface area contributed by atoms with Crippen LogP contribution in [-0.2, 0) is 9.53 Å². The number of halogens is 1. The molecule has 2 rings (SSSR count). The molecule has 29 heavy (non-hydrogen) atoms. The molecule has 0 atom stereocenters. The largest absolute Gasteiger partial charge is 0.444 e. The third kappa shape index (κ3) is 8.41. The van der Waals surface area contributed by atoms with Crippen LogP contribution in [0.3, 0.4) is 0 Å². The number of amides is 3. The van der Waals surface area contributed by atoms with Crippen molar-refractivity contribution in [3.8, 4) is 0 Å². The number of nitrogens with one attached hydrogen (secondary N) is 2. The Morgan fingerprint density at radius 3 is 2.41 bits per heavy atom. The molecule has 8 nitrogen and oxygen atoms in total. The smallest absolute Gasteiger partial charge is 0.410 e. The predicted molar refractivity (Wildman–Crippen MR) is 114 cm³/mol. The number of piperazine rings is 1. The molecule has 9 heteroatoms. The van der Waals surface area contributed by atoms with Gasteiger partial charge in [0.15, 0.2) is 0 Å². The van der Waals surface area contributed by atoms with Crippen LogP contribution in [0, 0.1) is 0 Å². The summed E-state index contributed by atoms with van der Waals surface area (Å²) in [5.74, 6) is -0.527. The van der Waals surface area contributed by atoms with E-state index in [2.05, 4.69) is 31.5 Å². The molecule has 1 aromatic carbocycles. The van der Waals surface area contributed by atoms with Crippen LogP contribution in [0.1, 0.15) is 31.1 Å². The van der Waals surface area contributed by atoms with E-state index in [0.717, 1.165) is 17.6 Å². The van der Waals surface area contributed by atoms with Gasteiger partial charge in [0.05, 0.1) is 6.54 Å². The van der Waals surface area contributed by atoms with E-state index in [1.807, 2.05) is 26.8 Å². The maximum Gasteiger partial charge on any atom is 0.410 e. The summed E-state index contributed by atoms with van der Waals surface area (Å²) >= 11 is 3.31. The molecule has 0 unspecified atom stereocenters. The van der Waals surface area contributed by atoms with E-state index < -0.39 is 5.60 Å². The predicted octanol–water partition coefficient (Wildman–Crippen LogP) is 1.85. The van der Waals surface area contributed by atoms with Gasteiger partial charge in [-0.1, -0.05) is 22.0 Å². The van der Waals surface area contributed by atoms with Gasteiger partial charge in [-0.15, -0.1) is 0 Å². The molecular formula is C20H29BrN4O4. The van der Waals surface area contributed by atoms with E-state index in [1.165, 1.54) is 0 Å². The SMILES string of the molecule is CC(C)(C)OC(=O)N1CCN(CCNC(=O)CNC(=O)c2cccc(Br)c2)CC1. The molecule has 3 amide bonds. The van der Waals surface area contributed by atoms with Crippen LogP contribution in [0.5, 0.6) is 0 Å². The zero-order valence-corrected chi connectivity index (χ0v) is 18.8. The van der Waals surface area contributed by atoms with Gasteiger partial charge in [-0.3, -0.25) is 14.5 Å². The van der Waals surface area contributed by atoms with E-state index in [4.69, 9.17) is 4.74 Å². The molecule has 1 aliphatic rings. The van der Waals surface area contributed by atoms with Crippen LogP contribution in [-0.4, -0.2) is 79.1 Å². The highest BCUT2D eigenvalue weighted by molar-refractivity contribution is 9.10. The molecule has 0 spiro atoms. The Bertz CT molecular complexity index is 727. The summed E-state index contributed by atoms with van der Waals surface area (Å²) < 4.78 is 6.19. The summed E-state index contributed by atoms with van der Waals surface area (Å²) in [6, 6.07) is 6.98. The van der Waals surface area contributed by atoms with E-state index in [9.17, 15) is 14.4 Å². The zero-order chi connectivity index (χ0) is 21.4. The minimum atomic E-state index is -0.495. The Labute approximate surface area is 180 Å². The fourth-order valence-corrected chi connectivity index (χ4v) is 3.19. The molecule has 1 aliphatic heterocycles. The minimum absolute atomic E-state index is 0.0717. The first-order valence-corrected chi connectivity index (χ1v) is 10.4. The van der Waals surface area contributed by atoms with E-state index in [1.54, 1.807) is 23.1 Å². The van der Waals surface area contributed by atoms with Gasteiger partial charge in [-0.05, 0) is 39.0 Å². The molecule has 0 radical (unpaired) electrons. The van der Waals surface area contributed by atoms with Crippen LogP contribution >= 0.6 is 15.9 Å². The first-order valence-electron chi connectivity index (χ1n) is 9.65. The number of carbonyl (C=O) groups is 3. The Kier molecular flexibility index (Phi) is 8.45. The Hall–Kier alpha value is -2.13. The quantitative estimate of drug-likeness (QED) is 0.664. The molecule has 0 aliphatic carbocycles. The van der Waals surface area contributed by atoms with Crippen molar-refractivity contribution in [2.75, 3.05) is 45.8 Å². The Morgan fingerprint density at radius 1 is 1.10 bits per heavy atom. The second kappa shape index (κ2) is 10.6. The second-order valence-electron chi connectivity index (χ2n) is 7.85. The van der Waals surface area contributed by atoms with Crippen molar-refractivity contribution in [2.45, 2.75) is 26.4 Å². The van der Waals surface area contributed by atoms with Crippen molar-refractivity contribution >= 4 is 33.8 Å². The average Bonchev–Trinajstić information content (AvgIpc) is 2.65. The summed E-state index contributed by atoms with van der Waals surface area (Å²) in [4.78, 5) is 39.9. The number of hydrogen-bond donors (Lipinski definition) is 2. The summed E-state index contributed by atoms with van der Waals surface area (Å²) in [6.07, 6.45) is -0.286. The lowest BCUT2D eigenvalue weighted by molar-refractivity contribution is -0.120. The van der Waals surface area contributed by atoms with Gasteiger partial charge in [0.1, 0.15) is 5.60 Å². The van der Waals surface area contributed by atoms with E-state index in [0.29, 0.717) is 31.7 Å². The number of benzene rings is 1. The first kappa shape index (κ1) is 23.2. The molecule has 1 aromatic rings. The number of carbonyl (C=O) groups excluding carboxylic acids is 3. The molecule has 0 bridgehead atoms. The summed E-state index contributed by atoms with van der Waals surface area (Å²) in [5, 5.41) is 5.41. The summed E-state index contributed by atoms with van der Waals surface area (Å²) in [6.45, 7) is 9.32. The van der Waals surface area contributed by atoms with Crippen LogP contribution < -0.4 is 10.6 Å². The van der Waals surface area contributed by atoms with E-state index in [-0.39, 0.29) is 24.5 Å². The average molecular weight is 469 g/mol. The number of nitrogens with zero attached hydrogens (tertiary/aromatic N) is 2. The topological polar surface area (TPSA) is 91.0 Å². The van der Waals surface area contributed by atoms with Crippen molar-refractivity contribution in [1.29, 1.82) is 0 Å². The summed E-state index contributed by atoms with van der Waals surface area (Å²) in [5.41, 5.74) is 0.000286. The maximum absolute atomic E-state index is 12.1. The van der Waals surface area contributed by atoms with Crippen LogP contribution in [0.15, 0.2) is 28.7 Å². The van der Waals surface area contributed by atoms with Gasteiger partial charge in [-0.2, -0.15) is 0 Å². The second-order valence-corrected chi connectivity index (χ2v) is 8.77. The number of rotatable bonds is 6. The zero-order valence-electron chi connectivity index (χ0n) is 17.2. The van der Waals surface area contributed by atoms with Crippen molar-refractivity contribution < 1.29 is 19.1 Å². The first-order chi connectivity index (χ1) is 13.6. The normalized spacial score (nSPS) is 15.0. The third-order valence-electron chi connectivity index (χ3n) is 4.27. The van der Waals surface area contributed by atoms with Crippen LogP contribution in [0.25, 0.3) is 0 Å². The lowest BCUT2D eigenvalue weighted by Crippen LogP contribution is -2.51. The standard InChI is InChI=1S/C20H29BrN4O4/c1-20(2,3)29-19(28)25-11-9-24(10-12-25)8-7-22-17(26)14-23-18(27)15-5-4-6-16(21)13-15/h4-6,13H,7-12,14H2,1-3H3,(H,22,26)(H,23,27). The van der Waals surface area contributed by atoms with Crippen molar-refractivity contribution in [3.05, 3.63) is 34.3 Å². The van der Waals surface area contributed by atoms with Crippen molar-refractivity contribution in [2.24, 2.45) is 0 Å². The highest BCUT2D eigenvalue weighted by atomic mass is 79.9. The van der Waals surface area contributed by atoms with Gasteiger partial charge in [-0.25, -0.2) is 4.79 Å². The van der Waals surface area contributed by atoms with Gasteiger partial charge >= 0.3 is 6.09 Å². The van der Waals surface area contributed by atoms with Crippen LogP contribution in [0.2, 0.25) is 0 Å².